The predicted octanol–water partition coefficient (Wildman–Crippen LogP) is 2.07. The topological polar surface area (TPSA) is 110 Å². The summed E-state index contributed by atoms with van der Waals surface area (Å²) < 4.78 is 0. The van der Waals surface area contributed by atoms with Gasteiger partial charge in [-0.05, 0) is 34.9 Å². The number of nitrogen functional groups attached to an aromatic ring is 2. The van der Waals surface area contributed by atoms with Gasteiger partial charge in [-0.2, -0.15) is 0 Å². The van der Waals surface area contributed by atoms with E-state index in [4.69, 9.17) is 11.7 Å². The van der Waals surface area contributed by atoms with Crippen LogP contribution in [0.3, 0.4) is 0 Å². The molecule has 0 saturated heterocycles. The van der Waals surface area contributed by atoms with Crippen LogP contribution in [0.15, 0.2) is 78.9 Å². The number of carbonyl (C=O) groups excluding carboxylic acids is 2. The highest BCUT2D eigenvalue weighted by Gasteiger charge is 2.20. The minimum Gasteiger partial charge on any atom is -0.290 e. The summed E-state index contributed by atoms with van der Waals surface area (Å²) >= 11 is 0. The number of benzene rings is 3. The van der Waals surface area contributed by atoms with E-state index in [2.05, 4.69) is 10.9 Å². The van der Waals surface area contributed by atoms with E-state index in [0.29, 0.717) is 0 Å². The first kappa shape index (κ1) is 18.3. The lowest BCUT2D eigenvalue weighted by molar-refractivity contribution is 0.0953. The molecule has 0 spiro atoms. The van der Waals surface area contributed by atoms with Crippen LogP contribution in [0.4, 0.5) is 0 Å². The van der Waals surface area contributed by atoms with Crippen molar-refractivity contribution in [2.75, 3.05) is 0 Å². The van der Waals surface area contributed by atoms with E-state index in [1.54, 1.807) is 12.1 Å². The molecule has 0 bridgehead atoms. The number of nitrogens with one attached hydrogen (secondary N) is 2. The fourth-order valence-electron chi connectivity index (χ4n) is 3.12. The summed E-state index contributed by atoms with van der Waals surface area (Å²) in [5, 5.41) is 0. The van der Waals surface area contributed by atoms with Crippen molar-refractivity contribution in [1.82, 2.24) is 10.9 Å². The second kappa shape index (κ2) is 8.27. The summed E-state index contributed by atoms with van der Waals surface area (Å²) in [5.41, 5.74) is 7.64. The standard InChI is InChI=1S/C21H20N4O2/c22-24-20(26)17-11-16(12-18(13-17)21(27)25-23)19(14-7-3-1-4-8-14)15-9-5-2-6-10-15/h1-13,19H,22-23H2,(H,24,26)(H,25,27). The first-order valence-electron chi connectivity index (χ1n) is 8.41. The molecule has 0 aliphatic carbocycles. The molecule has 2 amide bonds. The maximum Gasteiger partial charge on any atom is 0.265 e. The summed E-state index contributed by atoms with van der Waals surface area (Å²) in [6.07, 6.45) is 0. The molecule has 0 aromatic heterocycles. The third-order valence-electron chi connectivity index (χ3n) is 4.34. The van der Waals surface area contributed by atoms with Gasteiger partial charge in [0.1, 0.15) is 0 Å². The Morgan fingerprint density at radius 1 is 0.630 bits per heavy atom. The zero-order chi connectivity index (χ0) is 19.2. The maximum absolute atomic E-state index is 12.1. The fraction of sp³-hybridized carbons (Fsp3) is 0.0476. The van der Waals surface area contributed by atoms with Gasteiger partial charge < -0.3 is 0 Å². The van der Waals surface area contributed by atoms with Gasteiger partial charge in [0, 0.05) is 17.0 Å². The highest BCUT2D eigenvalue weighted by molar-refractivity contribution is 5.99. The third-order valence-corrected chi connectivity index (χ3v) is 4.34. The van der Waals surface area contributed by atoms with Crippen LogP contribution in [0, 0.1) is 0 Å². The average molecular weight is 360 g/mol. The van der Waals surface area contributed by atoms with E-state index >= 15 is 0 Å². The number of hydrogen-bond acceptors (Lipinski definition) is 4. The molecule has 0 atom stereocenters. The van der Waals surface area contributed by atoms with Crippen molar-refractivity contribution >= 4 is 11.8 Å². The summed E-state index contributed by atoms with van der Waals surface area (Å²) in [5.74, 6) is 9.44. The van der Waals surface area contributed by atoms with Gasteiger partial charge in [0.2, 0.25) is 0 Å². The molecule has 0 aliphatic heterocycles. The van der Waals surface area contributed by atoms with E-state index in [0.717, 1.165) is 16.7 Å². The number of amides is 2. The van der Waals surface area contributed by atoms with Gasteiger partial charge >= 0.3 is 0 Å². The molecule has 6 N–H and O–H groups in total. The summed E-state index contributed by atoms with van der Waals surface area (Å²) in [4.78, 5) is 24.3. The molecule has 136 valence electrons. The highest BCUT2D eigenvalue weighted by atomic mass is 16.2. The number of nitrogens with two attached hydrogens (primary N) is 2. The van der Waals surface area contributed by atoms with Gasteiger partial charge in [0.25, 0.3) is 11.8 Å². The molecule has 27 heavy (non-hydrogen) atoms. The van der Waals surface area contributed by atoms with Crippen LogP contribution in [0.1, 0.15) is 43.3 Å². The van der Waals surface area contributed by atoms with E-state index in [9.17, 15) is 9.59 Å². The zero-order valence-electron chi connectivity index (χ0n) is 14.6. The summed E-state index contributed by atoms with van der Waals surface area (Å²) in [6, 6.07) is 24.7. The van der Waals surface area contributed by atoms with Gasteiger partial charge in [-0.25, -0.2) is 11.7 Å². The third kappa shape index (κ3) is 4.03. The van der Waals surface area contributed by atoms with Gasteiger partial charge in [0.05, 0.1) is 0 Å². The summed E-state index contributed by atoms with van der Waals surface area (Å²) in [6.45, 7) is 0. The first-order valence-corrected chi connectivity index (χ1v) is 8.41. The minimum atomic E-state index is -0.484. The molecular weight excluding hydrogens is 340 g/mol. The normalized spacial score (nSPS) is 10.5. The second-order valence-corrected chi connectivity index (χ2v) is 6.04. The molecule has 0 aliphatic rings. The Morgan fingerprint density at radius 2 is 1.04 bits per heavy atom. The molecule has 3 aromatic rings. The molecule has 3 aromatic carbocycles. The minimum absolute atomic E-state index is 0.165. The lowest BCUT2D eigenvalue weighted by Gasteiger charge is -2.20. The predicted molar refractivity (Wildman–Crippen MR) is 104 cm³/mol. The molecule has 0 saturated carbocycles. The lowest BCUT2D eigenvalue weighted by Crippen LogP contribution is -2.32. The molecule has 3 rings (SSSR count). The van der Waals surface area contributed by atoms with Crippen molar-refractivity contribution in [2.24, 2.45) is 11.7 Å². The molecule has 6 heteroatoms. The van der Waals surface area contributed by atoms with Crippen LogP contribution in [0.5, 0.6) is 0 Å². The molecular formula is C21H20N4O2. The Balaban J connectivity index is 2.22. The SMILES string of the molecule is NNC(=O)c1cc(C(=O)NN)cc(C(c2ccccc2)c2ccccc2)c1. The van der Waals surface area contributed by atoms with Crippen LogP contribution in [-0.4, -0.2) is 11.8 Å². The first-order chi connectivity index (χ1) is 13.1. The largest absolute Gasteiger partial charge is 0.290 e. The van der Waals surface area contributed by atoms with Crippen molar-refractivity contribution in [3.05, 3.63) is 107 Å². The van der Waals surface area contributed by atoms with E-state index < -0.39 is 11.8 Å². The van der Waals surface area contributed by atoms with Crippen molar-refractivity contribution in [3.8, 4) is 0 Å². The van der Waals surface area contributed by atoms with E-state index in [-0.39, 0.29) is 17.0 Å². The molecule has 0 radical (unpaired) electrons. The van der Waals surface area contributed by atoms with Gasteiger partial charge in [-0.15, -0.1) is 0 Å². The Hall–Kier alpha value is -3.48. The highest BCUT2D eigenvalue weighted by Crippen LogP contribution is 2.33. The zero-order valence-corrected chi connectivity index (χ0v) is 14.6. The quantitative estimate of drug-likeness (QED) is 0.242. The van der Waals surface area contributed by atoms with Crippen molar-refractivity contribution in [2.45, 2.75) is 5.92 Å². The molecule has 0 fully saturated rings. The Bertz CT molecular complexity index is 869. The Morgan fingerprint density at radius 3 is 1.41 bits per heavy atom. The number of carbonyl (C=O) groups is 2. The Labute approximate surface area is 157 Å². The van der Waals surface area contributed by atoms with E-state index in [1.807, 2.05) is 60.7 Å². The van der Waals surface area contributed by atoms with Crippen molar-refractivity contribution in [3.63, 3.8) is 0 Å². The van der Waals surface area contributed by atoms with Gasteiger partial charge in [-0.3, -0.25) is 20.4 Å². The van der Waals surface area contributed by atoms with Crippen LogP contribution < -0.4 is 22.5 Å². The van der Waals surface area contributed by atoms with Crippen LogP contribution in [0.25, 0.3) is 0 Å². The second-order valence-electron chi connectivity index (χ2n) is 6.04. The van der Waals surface area contributed by atoms with Gasteiger partial charge in [-0.1, -0.05) is 60.7 Å². The number of rotatable bonds is 5. The van der Waals surface area contributed by atoms with Crippen LogP contribution in [-0.2, 0) is 0 Å². The van der Waals surface area contributed by atoms with Crippen LogP contribution >= 0.6 is 0 Å². The van der Waals surface area contributed by atoms with Crippen molar-refractivity contribution < 1.29 is 9.59 Å². The Kier molecular flexibility index (Phi) is 5.61. The van der Waals surface area contributed by atoms with Crippen LogP contribution in [0.2, 0.25) is 0 Å². The number of hydrazine groups is 2. The lowest BCUT2D eigenvalue weighted by atomic mass is 9.83. The maximum atomic E-state index is 12.1. The van der Waals surface area contributed by atoms with E-state index in [1.165, 1.54) is 6.07 Å². The molecule has 6 nitrogen and oxygen atoms in total. The number of hydrogen-bond donors (Lipinski definition) is 4. The smallest absolute Gasteiger partial charge is 0.265 e. The summed E-state index contributed by atoms with van der Waals surface area (Å²) in [7, 11) is 0. The fourth-order valence-corrected chi connectivity index (χ4v) is 3.12. The monoisotopic (exact) mass is 360 g/mol. The van der Waals surface area contributed by atoms with Gasteiger partial charge in [0.15, 0.2) is 0 Å². The molecule has 0 unspecified atom stereocenters. The molecule has 0 heterocycles. The average Bonchev–Trinajstić information content (AvgIpc) is 2.74. The van der Waals surface area contributed by atoms with Crippen molar-refractivity contribution in [1.29, 1.82) is 0 Å².